The van der Waals surface area contributed by atoms with Gasteiger partial charge in [-0.3, -0.25) is 9.36 Å². The summed E-state index contributed by atoms with van der Waals surface area (Å²) in [5.74, 6) is 2.98. The molecule has 0 saturated heterocycles. The highest BCUT2D eigenvalue weighted by atomic mass is 32.2. The lowest BCUT2D eigenvalue weighted by molar-refractivity contribution is -0.870. The molecule has 0 spiro atoms. The van der Waals surface area contributed by atoms with Crippen LogP contribution in [-0.4, -0.2) is 70.3 Å². The molecule has 0 fully saturated rings. The van der Waals surface area contributed by atoms with Crippen LogP contribution in [0.4, 0.5) is 0 Å². The van der Waals surface area contributed by atoms with Gasteiger partial charge in [0.05, 0.1) is 27.7 Å². The third kappa shape index (κ3) is 37.9. The van der Waals surface area contributed by atoms with Gasteiger partial charge in [0.2, 0.25) is 5.91 Å². The lowest BCUT2D eigenvalue weighted by Crippen LogP contribution is -2.37. The molecule has 0 aromatic heterocycles. The van der Waals surface area contributed by atoms with Gasteiger partial charge < -0.3 is 23.7 Å². The molecule has 0 aromatic carbocycles. The molecule has 0 rings (SSSR count). The number of amides is 1. The average Bonchev–Trinajstić information content (AvgIpc) is 2.91. The molecule has 9 heteroatoms. The fraction of sp³-hybridized carbons (Fsp3) is 0.968. The fourth-order valence-electron chi connectivity index (χ4n) is 4.29. The molecule has 0 saturated carbocycles. The normalized spacial score (nSPS) is 11.8. The Hall–Kier alpha value is -0.110. The zero-order valence-corrected chi connectivity index (χ0v) is 29.0. The topological polar surface area (TPSA) is 87.7 Å². The van der Waals surface area contributed by atoms with Gasteiger partial charge in [-0.05, 0) is 30.8 Å². The molecule has 7 nitrogen and oxygen atoms in total. The number of nitrogens with one attached hydrogen (secondary N) is 1. The standard InChI is InChI=1S/C29H60N2OS.C2H7O4P/c1-5-6-7-8-9-10-12-15-18-21-27-33-28-22-19-16-13-11-14-17-20-24-29(32)30-25-23-26-31(2,3)4;1-5-7(3,4)6-2/h5-28H2,1-4H3;1-2H3,(H,3,4). The molecular weight excluding hydrogens is 543 g/mol. The number of hydrogen-bond acceptors (Lipinski definition) is 6. The van der Waals surface area contributed by atoms with Crippen LogP contribution in [0, 0.1) is 0 Å². The van der Waals surface area contributed by atoms with Crippen molar-refractivity contribution in [2.45, 2.75) is 135 Å². The van der Waals surface area contributed by atoms with Crippen molar-refractivity contribution in [1.82, 2.24) is 5.32 Å². The Bertz CT molecular complexity index is 583. The zero-order valence-electron chi connectivity index (χ0n) is 27.3. The summed E-state index contributed by atoms with van der Waals surface area (Å²) in [6.45, 7) is 4.23. The second-order valence-corrected chi connectivity index (χ2v) is 14.8. The Morgan fingerprint density at radius 3 is 1.48 bits per heavy atom. The van der Waals surface area contributed by atoms with Gasteiger partial charge in [-0.1, -0.05) is 103 Å². The molecule has 0 aliphatic rings. The maximum Gasteiger partial charge on any atom is 0.267 e. The van der Waals surface area contributed by atoms with Gasteiger partial charge in [0.1, 0.15) is 0 Å². The second-order valence-electron chi connectivity index (χ2n) is 11.9. The third-order valence-electron chi connectivity index (χ3n) is 6.86. The van der Waals surface area contributed by atoms with E-state index in [0.717, 1.165) is 44.6 Å². The summed E-state index contributed by atoms with van der Waals surface area (Å²) in [6, 6.07) is 0. The third-order valence-corrected chi connectivity index (χ3v) is 8.91. The van der Waals surface area contributed by atoms with Crippen molar-refractivity contribution in [3.63, 3.8) is 0 Å². The first-order valence-corrected chi connectivity index (χ1v) is 18.8. The van der Waals surface area contributed by atoms with Crippen LogP contribution in [-0.2, 0) is 18.4 Å². The van der Waals surface area contributed by atoms with Crippen LogP contribution in [0.1, 0.15) is 135 Å². The van der Waals surface area contributed by atoms with E-state index in [2.05, 4.69) is 54.2 Å². The van der Waals surface area contributed by atoms with Gasteiger partial charge >= 0.3 is 0 Å². The molecule has 242 valence electrons. The van der Waals surface area contributed by atoms with Crippen molar-refractivity contribution in [3.05, 3.63) is 0 Å². The van der Waals surface area contributed by atoms with E-state index < -0.39 is 7.82 Å². The molecule has 1 N–H and O–H groups in total. The van der Waals surface area contributed by atoms with E-state index in [4.69, 9.17) is 0 Å². The summed E-state index contributed by atoms with van der Waals surface area (Å²) in [5.41, 5.74) is 0. The predicted octanol–water partition coefficient (Wildman–Crippen LogP) is 8.11. The van der Waals surface area contributed by atoms with E-state index in [0.29, 0.717) is 6.42 Å². The Morgan fingerprint density at radius 2 is 1.10 bits per heavy atom. The van der Waals surface area contributed by atoms with Crippen LogP contribution in [0.2, 0.25) is 0 Å². The molecule has 0 unspecified atom stereocenters. The number of quaternary nitrogens is 1. The summed E-state index contributed by atoms with van der Waals surface area (Å²) in [6.07, 6.45) is 26.6. The van der Waals surface area contributed by atoms with Crippen molar-refractivity contribution in [3.8, 4) is 0 Å². The van der Waals surface area contributed by atoms with Gasteiger partial charge in [-0.15, -0.1) is 0 Å². The van der Waals surface area contributed by atoms with Crippen molar-refractivity contribution in [2.75, 3.05) is 60.0 Å². The Labute approximate surface area is 253 Å². The smallest absolute Gasteiger partial charge is 0.267 e. The molecule has 0 heterocycles. The fourth-order valence-corrected chi connectivity index (χ4v) is 5.46. The number of nitrogens with zero attached hydrogens (tertiary/aromatic N) is 1. The lowest BCUT2D eigenvalue weighted by Gasteiger charge is -2.23. The van der Waals surface area contributed by atoms with Crippen LogP contribution in [0.25, 0.3) is 0 Å². The molecule has 0 radical (unpaired) electrons. The molecule has 1 amide bonds. The summed E-state index contributed by atoms with van der Waals surface area (Å²) >= 11 is 2.18. The Morgan fingerprint density at radius 1 is 0.700 bits per heavy atom. The summed E-state index contributed by atoms with van der Waals surface area (Å²) in [5, 5.41) is 3.07. The van der Waals surface area contributed by atoms with Crippen molar-refractivity contribution < 1.29 is 27.8 Å². The first kappa shape index (κ1) is 42.0. The van der Waals surface area contributed by atoms with Crippen molar-refractivity contribution in [1.29, 1.82) is 0 Å². The minimum Gasteiger partial charge on any atom is -0.756 e. The number of carbonyl (C=O) groups is 1. The Balaban J connectivity index is 0. The van der Waals surface area contributed by atoms with Crippen molar-refractivity contribution in [2.24, 2.45) is 0 Å². The van der Waals surface area contributed by atoms with E-state index >= 15 is 0 Å². The summed E-state index contributed by atoms with van der Waals surface area (Å²) < 4.78 is 18.6. The first-order valence-electron chi connectivity index (χ1n) is 16.2. The van der Waals surface area contributed by atoms with Crippen LogP contribution >= 0.6 is 19.6 Å². The number of unbranched alkanes of at least 4 members (excludes halogenated alkanes) is 16. The molecule has 0 aliphatic carbocycles. The van der Waals surface area contributed by atoms with Gasteiger partial charge in [0, 0.05) is 33.6 Å². The van der Waals surface area contributed by atoms with E-state index in [1.54, 1.807) is 0 Å². The minimum atomic E-state index is -3.90. The van der Waals surface area contributed by atoms with Crippen LogP contribution in [0.3, 0.4) is 0 Å². The van der Waals surface area contributed by atoms with Gasteiger partial charge in [0.15, 0.2) is 0 Å². The molecular formula is C31H67N2O5PS. The first-order chi connectivity index (χ1) is 19.1. The molecule has 0 atom stereocenters. The van der Waals surface area contributed by atoms with Crippen LogP contribution < -0.4 is 10.2 Å². The van der Waals surface area contributed by atoms with Crippen LogP contribution in [0.5, 0.6) is 0 Å². The maximum atomic E-state index is 11.9. The quantitative estimate of drug-likeness (QED) is 0.0547. The number of carbonyl (C=O) groups excluding carboxylic acids is 1. The number of thioether (sulfide) groups is 1. The highest BCUT2D eigenvalue weighted by Crippen LogP contribution is 2.34. The highest BCUT2D eigenvalue weighted by molar-refractivity contribution is 7.99. The van der Waals surface area contributed by atoms with Gasteiger partial charge in [-0.25, -0.2) is 0 Å². The average molecular weight is 611 g/mol. The van der Waals surface area contributed by atoms with E-state index in [-0.39, 0.29) is 5.91 Å². The number of phosphoric acid groups is 1. The van der Waals surface area contributed by atoms with Crippen LogP contribution in [0.15, 0.2) is 0 Å². The van der Waals surface area contributed by atoms with Gasteiger partial charge in [0.25, 0.3) is 7.82 Å². The van der Waals surface area contributed by atoms with E-state index in [1.807, 2.05) is 0 Å². The lowest BCUT2D eigenvalue weighted by atomic mass is 10.1. The number of hydrogen-bond donors (Lipinski definition) is 1. The molecule has 0 aliphatic heterocycles. The van der Waals surface area contributed by atoms with E-state index in [9.17, 15) is 14.3 Å². The SMILES string of the molecule is CCCCCCCCCCCCSCCCCCCCCCCC(=O)NCCC[N+](C)(C)C.COP(=O)([O-])OC. The van der Waals surface area contributed by atoms with Crippen molar-refractivity contribution >= 4 is 25.5 Å². The zero-order chi connectivity index (χ0) is 30.4. The Kier molecular flexibility index (Phi) is 31.9. The second kappa shape index (κ2) is 30.4. The highest BCUT2D eigenvalue weighted by Gasteiger charge is 2.06. The predicted molar refractivity (Wildman–Crippen MR) is 173 cm³/mol. The molecule has 40 heavy (non-hydrogen) atoms. The number of rotatable bonds is 28. The summed E-state index contributed by atoms with van der Waals surface area (Å²) in [7, 11) is 4.76. The largest absolute Gasteiger partial charge is 0.756 e. The monoisotopic (exact) mass is 610 g/mol. The minimum absolute atomic E-state index is 0.242. The maximum absolute atomic E-state index is 11.9. The number of phosphoric ester groups is 1. The molecule has 0 bridgehead atoms. The summed E-state index contributed by atoms with van der Waals surface area (Å²) in [4.78, 5) is 21.8. The van der Waals surface area contributed by atoms with E-state index in [1.165, 1.54) is 121 Å². The molecule has 0 aromatic rings. The van der Waals surface area contributed by atoms with Gasteiger partial charge in [-0.2, -0.15) is 11.8 Å².